The molecule has 8 rings (SSSR count). The molecule has 276 valence electrons. The summed E-state index contributed by atoms with van der Waals surface area (Å²) in [5.74, 6) is 0. The van der Waals surface area contributed by atoms with Gasteiger partial charge in [-0.2, -0.15) is 0 Å². The molecular weight excluding hydrogens is 769 g/mol. The Hall–Kier alpha value is -1.56. The molecule has 0 atom stereocenters. The van der Waals surface area contributed by atoms with Gasteiger partial charge in [0.15, 0.2) is 0 Å². The first kappa shape index (κ1) is 39.1. The van der Waals surface area contributed by atoms with Gasteiger partial charge in [-0.25, -0.2) is 6.54 Å². The summed E-state index contributed by atoms with van der Waals surface area (Å²) in [7, 11) is 12.3. The number of fused-ring (bicyclic) bond motifs is 1. The maximum atomic E-state index is 6.19. The predicted molar refractivity (Wildman–Crippen MR) is 226 cm³/mol. The van der Waals surface area contributed by atoms with Crippen molar-refractivity contribution in [1.82, 2.24) is 0 Å². The van der Waals surface area contributed by atoms with Gasteiger partial charge in [0, 0.05) is 13.6 Å². The topological polar surface area (TPSA) is 3.24 Å². The molecule has 3 saturated carbocycles. The summed E-state index contributed by atoms with van der Waals surface area (Å²) in [6.07, 6.45) is 31.3. The molecule has 1 nitrogen and oxygen atoms in total. The van der Waals surface area contributed by atoms with E-state index < -0.39 is 13.5 Å². The van der Waals surface area contributed by atoms with E-state index in [-0.39, 0.29) is 7.92 Å². The summed E-state index contributed by atoms with van der Waals surface area (Å²) in [5.41, 5.74) is 13.9. The van der Waals surface area contributed by atoms with Crippen molar-refractivity contribution in [2.24, 2.45) is 0 Å². The van der Waals surface area contributed by atoms with E-state index in [1.165, 1.54) is 61.6 Å². The summed E-state index contributed by atoms with van der Waals surface area (Å²) in [4.78, 5) is 2.23. The van der Waals surface area contributed by atoms with Crippen molar-refractivity contribution < 1.29 is 13.5 Å². The Morgan fingerprint density at radius 1 is 0.647 bits per heavy atom. The molecule has 5 heteroatoms. The first-order valence-electron chi connectivity index (χ1n) is 19.9. The Kier molecular flexibility index (Phi) is 15.1. The molecule has 0 bridgehead atoms. The van der Waals surface area contributed by atoms with Gasteiger partial charge in [-0.1, -0.05) is 43.0 Å². The zero-order chi connectivity index (χ0) is 35.6. The third-order valence-electron chi connectivity index (χ3n) is 11.8. The molecule has 3 aromatic rings. The first-order valence-corrected chi connectivity index (χ1v) is 26.9. The van der Waals surface area contributed by atoms with Gasteiger partial charge in [-0.05, 0) is 115 Å². The van der Waals surface area contributed by atoms with Gasteiger partial charge < -0.3 is 4.90 Å². The van der Waals surface area contributed by atoms with Crippen LogP contribution in [0, 0.1) is 27.3 Å². The van der Waals surface area contributed by atoms with Gasteiger partial charge >= 0.3 is 120 Å². The van der Waals surface area contributed by atoms with Crippen LogP contribution >= 0.6 is 27.3 Å². The number of anilines is 1. The van der Waals surface area contributed by atoms with Crippen LogP contribution in [0.3, 0.4) is 0 Å². The van der Waals surface area contributed by atoms with E-state index in [0.717, 1.165) is 10.5 Å². The van der Waals surface area contributed by atoms with E-state index in [2.05, 4.69) is 93.0 Å². The predicted octanol–water partition coefficient (Wildman–Crippen LogP) is 14.3. The van der Waals surface area contributed by atoms with Crippen molar-refractivity contribution >= 4 is 42.7 Å². The Morgan fingerprint density at radius 2 is 1.14 bits per heavy atom. The third kappa shape index (κ3) is 10.4. The van der Waals surface area contributed by atoms with Crippen LogP contribution in [0.1, 0.15) is 136 Å². The van der Waals surface area contributed by atoms with E-state index >= 15 is 0 Å². The van der Waals surface area contributed by atoms with Gasteiger partial charge in [0.2, 0.25) is 0 Å². The summed E-state index contributed by atoms with van der Waals surface area (Å²) in [6.45, 7) is 8.71. The van der Waals surface area contributed by atoms with Gasteiger partial charge in [-0.3, -0.25) is 0 Å². The summed E-state index contributed by atoms with van der Waals surface area (Å²) in [5, 5.41) is 0. The van der Waals surface area contributed by atoms with Crippen molar-refractivity contribution in [2.75, 3.05) is 4.90 Å². The molecule has 4 aliphatic carbocycles. The van der Waals surface area contributed by atoms with Crippen LogP contribution in [-0.4, -0.2) is 21.1 Å². The zero-order valence-electron chi connectivity index (χ0n) is 31.3. The number of hydrogen-bond donors (Lipinski definition) is 0. The molecule has 3 fully saturated rings. The minimum absolute atomic E-state index is 0.0465. The quantitative estimate of drug-likeness (QED) is 0.141. The first-order chi connectivity index (χ1) is 24.9. The van der Waals surface area contributed by atoms with Crippen molar-refractivity contribution in [3.05, 3.63) is 125 Å². The fraction of sp³-hybridized carbons (Fsp3) is 0.478. The SMILES string of the molecule is C1CCC([PH+](C2CCCCC2)C2CCCCC2)CC1.Cc1cc(C)c(N2C=CC[CH-]2)c(C)c1.[Cl][Ru]([Cl])=[C]1C=C(c2ccccc2)c2ccccc21. The Balaban J connectivity index is 0.000000133. The average Bonchev–Trinajstić information content (AvgIpc) is 3.83. The number of allylic oxidation sites excluding steroid dienone is 1. The number of aryl methyl sites for hydroxylation is 3. The van der Waals surface area contributed by atoms with Crippen molar-refractivity contribution in [3.63, 3.8) is 0 Å². The Bertz CT molecular complexity index is 1590. The standard InChI is InChI=1S/C18H33P.C15H10.C13H16N.2ClH.Ru/c1-4-10-16(11-5-1)19(17-12-6-2-7-13-17)18-14-8-3-9-15-18;1-2-6-12(7-3-1)15-11-10-13-8-4-5-9-14(13)15;1-10-8-11(2)13(12(3)9-10)14-6-4-5-7-14;;;/h16-18H,1-15H2;1-9,11H;4,6-9H,5H2,1-3H3;2*1H;/q;;-1;;;+2/p-1. The Labute approximate surface area is 324 Å². The van der Waals surface area contributed by atoms with E-state index in [1.807, 2.05) is 24.3 Å². The molecule has 3 aromatic carbocycles. The third-order valence-corrected chi connectivity index (χ3v) is 19.5. The van der Waals surface area contributed by atoms with Crippen LogP contribution in [0.25, 0.3) is 5.57 Å². The van der Waals surface area contributed by atoms with Gasteiger partial charge in [0.25, 0.3) is 0 Å². The zero-order valence-corrected chi connectivity index (χ0v) is 35.5. The second-order valence-electron chi connectivity index (χ2n) is 15.5. The Morgan fingerprint density at radius 3 is 1.61 bits per heavy atom. The fourth-order valence-electron chi connectivity index (χ4n) is 9.63. The van der Waals surface area contributed by atoms with Gasteiger partial charge in [0.1, 0.15) is 0 Å². The van der Waals surface area contributed by atoms with Crippen LogP contribution in [0.2, 0.25) is 0 Å². The molecule has 5 aliphatic rings. The van der Waals surface area contributed by atoms with E-state index in [9.17, 15) is 0 Å². The van der Waals surface area contributed by atoms with Crippen LogP contribution < -0.4 is 4.90 Å². The molecule has 1 heterocycles. The number of hydrogen-bond acceptors (Lipinski definition) is 1. The average molecular weight is 830 g/mol. The van der Waals surface area contributed by atoms with Crippen LogP contribution in [0.4, 0.5) is 5.69 Å². The minimum atomic E-state index is -1.88. The van der Waals surface area contributed by atoms with E-state index in [1.54, 1.807) is 96.3 Å². The van der Waals surface area contributed by atoms with Crippen LogP contribution in [-0.2, 0) is 13.5 Å². The normalized spacial score (nSPS) is 20.0. The molecule has 0 aromatic heterocycles. The second-order valence-corrected chi connectivity index (χ2v) is 24.7. The van der Waals surface area contributed by atoms with Crippen molar-refractivity contribution in [2.45, 2.75) is 140 Å². The number of halogens is 2. The van der Waals surface area contributed by atoms with E-state index in [4.69, 9.17) is 19.4 Å². The molecule has 0 saturated heterocycles. The number of rotatable bonds is 5. The van der Waals surface area contributed by atoms with E-state index in [0.29, 0.717) is 0 Å². The second kappa shape index (κ2) is 19.7. The van der Waals surface area contributed by atoms with Gasteiger partial charge in [-0.15, -0.1) is 6.42 Å². The number of benzene rings is 3. The molecule has 51 heavy (non-hydrogen) atoms. The van der Waals surface area contributed by atoms with Crippen molar-refractivity contribution in [3.8, 4) is 0 Å². The molecule has 0 unspecified atom stereocenters. The summed E-state index contributed by atoms with van der Waals surface area (Å²) >= 11 is -1.88. The molecular formula is C46H60Cl2NPRu. The summed E-state index contributed by atoms with van der Waals surface area (Å²) in [6, 6.07) is 23.2. The fourth-order valence-corrected chi connectivity index (χ4v) is 17.3. The summed E-state index contributed by atoms with van der Waals surface area (Å²) < 4.78 is 1.12. The monoisotopic (exact) mass is 829 g/mol. The van der Waals surface area contributed by atoms with Gasteiger partial charge in [0.05, 0.1) is 17.0 Å². The molecule has 0 N–H and O–H groups in total. The maximum absolute atomic E-state index is 6.19. The molecule has 0 amide bonds. The van der Waals surface area contributed by atoms with Crippen molar-refractivity contribution in [1.29, 1.82) is 0 Å². The van der Waals surface area contributed by atoms with Crippen LogP contribution in [0.5, 0.6) is 0 Å². The molecule has 0 spiro atoms. The number of nitrogens with zero attached hydrogens (tertiary/aromatic N) is 1. The molecule has 1 aliphatic heterocycles. The van der Waals surface area contributed by atoms with Crippen LogP contribution in [0.15, 0.2) is 85.1 Å². The molecule has 0 radical (unpaired) electrons.